The Hall–Kier alpha value is -3.38. The Labute approximate surface area is 115 Å². The molecule has 0 heterocycles. The van der Waals surface area contributed by atoms with Crippen LogP contribution in [0.15, 0.2) is 58.8 Å². The number of nitriles is 2. The van der Waals surface area contributed by atoms with Crippen molar-refractivity contribution in [3.63, 3.8) is 0 Å². The number of hydrogen-bond acceptors (Lipinski definition) is 6. The lowest BCUT2D eigenvalue weighted by Gasteiger charge is -2.01. The van der Waals surface area contributed by atoms with E-state index in [0.717, 1.165) is 0 Å². The van der Waals surface area contributed by atoms with Gasteiger partial charge in [0, 0.05) is 18.2 Å². The predicted octanol–water partition coefficient (Wildman–Crippen LogP) is 3.82. The molecule has 0 saturated carbocycles. The second-order valence-electron chi connectivity index (χ2n) is 3.58. The third-order valence-electron chi connectivity index (χ3n) is 2.23. The molecule has 0 bridgehead atoms. The fourth-order valence-corrected chi connectivity index (χ4v) is 1.45. The smallest absolute Gasteiger partial charge is 0.292 e. The molecule has 0 aliphatic carbocycles. The average Bonchev–Trinajstić information content (AvgIpc) is 2.47. The van der Waals surface area contributed by atoms with Crippen LogP contribution in [0.4, 0.5) is 11.4 Å². The van der Waals surface area contributed by atoms with Gasteiger partial charge >= 0.3 is 0 Å². The van der Waals surface area contributed by atoms with Gasteiger partial charge in [0.15, 0.2) is 0 Å². The standard InChI is InChI=1S/C14H8N4O2/c15-9-19-13-6-12(7-14(8-13)20-10-16)18-17-11-4-2-1-3-5-11/h1-8H. The summed E-state index contributed by atoms with van der Waals surface area (Å²) in [6, 6.07) is 13.6. The van der Waals surface area contributed by atoms with Gasteiger partial charge in [-0.05, 0) is 12.1 Å². The van der Waals surface area contributed by atoms with E-state index >= 15 is 0 Å². The highest BCUT2D eigenvalue weighted by Crippen LogP contribution is 2.29. The molecule has 0 aromatic heterocycles. The van der Waals surface area contributed by atoms with Crippen LogP contribution in [0.5, 0.6) is 11.5 Å². The predicted molar refractivity (Wildman–Crippen MR) is 69.5 cm³/mol. The Morgan fingerprint density at radius 2 is 1.30 bits per heavy atom. The maximum atomic E-state index is 8.51. The summed E-state index contributed by atoms with van der Waals surface area (Å²) in [7, 11) is 0. The summed E-state index contributed by atoms with van der Waals surface area (Å²) in [6.07, 6.45) is 3.09. The second kappa shape index (κ2) is 6.53. The molecular formula is C14H8N4O2. The van der Waals surface area contributed by atoms with Crippen LogP contribution in [0.1, 0.15) is 0 Å². The molecule has 2 rings (SSSR count). The summed E-state index contributed by atoms with van der Waals surface area (Å²) in [6.45, 7) is 0. The Balaban J connectivity index is 2.29. The van der Waals surface area contributed by atoms with Gasteiger partial charge < -0.3 is 9.47 Å². The summed E-state index contributed by atoms with van der Waals surface area (Å²) >= 11 is 0. The van der Waals surface area contributed by atoms with Crippen molar-refractivity contribution in [3.05, 3.63) is 48.5 Å². The Kier molecular flexibility index (Phi) is 4.26. The minimum absolute atomic E-state index is 0.224. The minimum Gasteiger partial charge on any atom is -0.388 e. The number of ether oxygens (including phenoxy) is 2. The minimum atomic E-state index is 0.224. The van der Waals surface area contributed by atoms with Gasteiger partial charge in [-0.3, -0.25) is 0 Å². The molecule has 6 nitrogen and oxygen atoms in total. The molecular weight excluding hydrogens is 256 g/mol. The normalized spacial score (nSPS) is 9.70. The number of azo groups is 1. The molecule has 20 heavy (non-hydrogen) atoms. The van der Waals surface area contributed by atoms with Gasteiger partial charge in [-0.1, -0.05) is 18.2 Å². The van der Waals surface area contributed by atoms with Gasteiger partial charge in [-0.2, -0.15) is 10.2 Å². The van der Waals surface area contributed by atoms with Crippen LogP contribution in [-0.2, 0) is 0 Å². The highest BCUT2D eigenvalue weighted by atomic mass is 16.5. The van der Waals surface area contributed by atoms with Crippen molar-refractivity contribution in [2.75, 3.05) is 0 Å². The van der Waals surface area contributed by atoms with E-state index in [9.17, 15) is 0 Å². The SMILES string of the molecule is N#COc1cc(N=Nc2ccccc2)cc(OC#N)c1. The average molecular weight is 264 g/mol. The first-order valence-corrected chi connectivity index (χ1v) is 5.55. The molecule has 0 radical (unpaired) electrons. The first kappa shape index (κ1) is 13.1. The Morgan fingerprint density at radius 3 is 1.85 bits per heavy atom. The third-order valence-corrected chi connectivity index (χ3v) is 2.23. The van der Waals surface area contributed by atoms with Gasteiger partial charge in [0.05, 0.1) is 11.4 Å². The topological polar surface area (TPSA) is 90.8 Å². The molecule has 0 fully saturated rings. The van der Waals surface area contributed by atoms with Gasteiger partial charge in [-0.15, -0.1) is 10.5 Å². The first-order chi connectivity index (χ1) is 9.81. The number of benzene rings is 2. The molecule has 0 aliphatic rings. The highest BCUT2D eigenvalue weighted by Gasteiger charge is 2.03. The molecule has 0 unspecified atom stereocenters. The monoisotopic (exact) mass is 264 g/mol. The van der Waals surface area contributed by atoms with Crippen molar-refractivity contribution in [2.24, 2.45) is 10.2 Å². The quantitative estimate of drug-likeness (QED) is 0.619. The van der Waals surface area contributed by atoms with E-state index < -0.39 is 0 Å². The van der Waals surface area contributed by atoms with Crippen molar-refractivity contribution in [2.45, 2.75) is 0 Å². The van der Waals surface area contributed by atoms with Crippen molar-refractivity contribution < 1.29 is 9.47 Å². The van der Waals surface area contributed by atoms with Crippen LogP contribution >= 0.6 is 0 Å². The largest absolute Gasteiger partial charge is 0.388 e. The number of nitrogens with zero attached hydrogens (tertiary/aromatic N) is 4. The lowest BCUT2D eigenvalue weighted by Crippen LogP contribution is -1.85. The lowest BCUT2D eigenvalue weighted by atomic mass is 10.3. The van der Waals surface area contributed by atoms with Crippen LogP contribution in [-0.4, -0.2) is 0 Å². The van der Waals surface area contributed by atoms with Crippen LogP contribution in [0.25, 0.3) is 0 Å². The zero-order valence-electron chi connectivity index (χ0n) is 10.2. The Bertz CT molecular complexity index is 665. The summed E-state index contributed by atoms with van der Waals surface area (Å²) < 4.78 is 9.40. The van der Waals surface area contributed by atoms with Crippen LogP contribution in [0.3, 0.4) is 0 Å². The van der Waals surface area contributed by atoms with Crippen molar-refractivity contribution in [1.29, 1.82) is 10.5 Å². The van der Waals surface area contributed by atoms with Gasteiger partial charge in [-0.25, -0.2) is 0 Å². The van der Waals surface area contributed by atoms with E-state index in [2.05, 4.69) is 10.2 Å². The summed E-state index contributed by atoms with van der Waals surface area (Å²) in [5.74, 6) is 0.449. The van der Waals surface area contributed by atoms with Crippen molar-refractivity contribution in [3.8, 4) is 24.0 Å². The van der Waals surface area contributed by atoms with E-state index in [0.29, 0.717) is 11.4 Å². The van der Waals surface area contributed by atoms with Crippen molar-refractivity contribution >= 4 is 11.4 Å². The molecule has 0 aliphatic heterocycles. The zero-order valence-corrected chi connectivity index (χ0v) is 10.2. The zero-order chi connectivity index (χ0) is 14.2. The van der Waals surface area contributed by atoms with E-state index in [-0.39, 0.29) is 11.5 Å². The first-order valence-electron chi connectivity index (χ1n) is 5.55. The Morgan fingerprint density at radius 1 is 0.750 bits per heavy atom. The van der Waals surface area contributed by atoms with Gasteiger partial charge in [0.2, 0.25) is 0 Å². The molecule has 96 valence electrons. The maximum absolute atomic E-state index is 8.51. The molecule has 0 N–H and O–H groups in total. The molecule has 2 aromatic carbocycles. The second-order valence-corrected chi connectivity index (χ2v) is 3.58. The fraction of sp³-hybridized carbons (Fsp3) is 0. The van der Waals surface area contributed by atoms with Crippen LogP contribution < -0.4 is 9.47 Å². The summed E-state index contributed by atoms with van der Waals surface area (Å²) in [5, 5.41) is 25.0. The van der Waals surface area contributed by atoms with Crippen molar-refractivity contribution in [1.82, 2.24) is 0 Å². The van der Waals surface area contributed by atoms with Crippen LogP contribution in [0.2, 0.25) is 0 Å². The third kappa shape index (κ3) is 3.56. The molecule has 0 saturated heterocycles. The van der Waals surface area contributed by atoms with Gasteiger partial charge in [0.25, 0.3) is 12.5 Å². The van der Waals surface area contributed by atoms with E-state index in [1.807, 2.05) is 18.2 Å². The number of rotatable bonds is 4. The van der Waals surface area contributed by atoms with E-state index in [1.54, 1.807) is 24.6 Å². The number of hydrogen-bond donors (Lipinski definition) is 0. The molecule has 6 heteroatoms. The summed E-state index contributed by atoms with van der Waals surface area (Å²) in [5.41, 5.74) is 1.09. The lowest BCUT2D eigenvalue weighted by molar-refractivity contribution is 0.484. The molecule has 0 spiro atoms. The highest BCUT2D eigenvalue weighted by molar-refractivity contribution is 5.50. The molecule has 0 atom stereocenters. The van der Waals surface area contributed by atoms with E-state index in [1.165, 1.54) is 18.2 Å². The molecule has 2 aromatic rings. The van der Waals surface area contributed by atoms with Gasteiger partial charge in [0.1, 0.15) is 11.5 Å². The summed E-state index contributed by atoms with van der Waals surface area (Å²) in [4.78, 5) is 0. The fourth-order valence-electron chi connectivity index (χ4n) is 1.45. The van der Waals surface area contributed by atoms with Crippen LogP contribution in [0, 0.1) is 23.0 Å². The maximum Gasteiger partial charge on any atom is 0.292 e. The van der Waals surface area contributed by atoms with E-state index in [4.69, 9.17) is 20.0 Å². The molecule has 0 amide bonds.